The van der Waals surface area contributed by atoms with Gasteiger partial charge in [-0.3, -0.25) is 0 Å². The van der Waals surface area contributed by atoms with E-state index in [1.54, 1.807) is 0 Å². The number of ether oxygens (including phenoxy) is 1. The van der Waals surface area contributed by atoms with Crippen molar-refractivity contribution >= 4 is 24.3 Å². The molecule has 0 unspecified atom stereocenters. The van der Waals surface area contributed by atoms with Gasteiger partial charge in [-0.2, -0.15) is 0 Å². The van der Waals surface area contributed by atoms with E-state index in [0.717, 1.165) is 22.6 Å². The molecule has 0 heterocycles. The van der Waals surface area contributed by atoms with Crippen molar-refractivity contribution in [3.63, 3.8) is 0 Å². The van der Waals surface area contributed by atoms with Crippen LogP contribution in [0, 0.1) is 27.7 Å². The molecule has 0 amide bonds. The van der Waals surface area contributed by atoms with Crippen LogP contribution in [0.5, 0.6) is 11.5 Å². The SMILES string of the molecule is Cc1ccc(Oc2ccc(C)c(C)c2C=Cc2ccccc2)c(C=Cc2ccccc2)c1C. The Bertz CT molecular complexity index is 1190. The first-order valence-corrected chi connectivity index (χ1v) is 11.4. The topological polar surface area (TPSA) is 9.23 Å². The van der Waals surface area contributed by atoms with Crippen LogP contribution in [0.25, 0.3) is 24.3 Å². The van der Waals surface area contributed by atoms with Gasteiger partial charge >= 0.3 is 0 Å². The van der Waals surface area contributed by atoms with Crippen molar-refractivity contribution in [2.24, 2.45) is 0 Å². The summed E-state index contributed by atoms with van der Waals surface area (Å²) in [5, 5.41) is 0. The van der Waals surface area contributed by atoms with Crippen LogP contribution in [0.15, 0.2) is 84.9 Å². The third kappa shape index (κ3) is 5.32. The number of rotatable bonds is 6. The third-order valence-corrected chi connectivity index (χ3v) is 6.20. The van der Waals surface area contributed by atoms with Gasteiger partial charge in [-0.1, -0.05) is 97.1 Å². The van der Waals surface area contributed by atoms with E-state index < -0.39 is 0 Å². The molecule has 0 atom stereocenters. The van der Waals surface area contributed by atoms with Gasteiger partial charge in [0.25, 0.3) is 0 Å². The van der Waals surface area contributed by atoms with Gasteiger partial charge in [0.15, 0.2) is 0 Å². The summed E-state index contributed by atoms with van der Waals surface area (Å²) in [5.41, 5.74) is 9.50. The normalized spacial score (nSPS) is 11.4. The predicted molar refractivity (Wildman–Crippen MR) is 143 cm³/mol. The van der Waals surface area contributed by atoms with E-state index in [1.807, 2.05) is 12.1 Å². The molecule has 4 rings (SSSR count). The minimum absolute atomic E-state index is 0.864. The predicted octanol–water partition coefficient (Wildman–Crippen LogP) is 9.05. The zero-order valence-corrected chi connectivity index (χ0v) is 19.8. The van der Waals surface area contributed by atoms with Crippen molar-refractivity contribution in [1.29, 1.82) is 0 Å². The summed E-state index contributed by atoms with van der Waals surface area (Å²) in [7, 11) is 0. The molecule has 0 N–H and O–H groups in total. The fourth-order valence-electron chi connectivity index (χ4n) is 3.82. The average Bonchev–Trinajstić information content (AvgIpc) is 2.84. The molecule has 33 heavy (non-hydrogen) atoms. The molecule has 0 spiro atoms. The Labute approximate surface area is 197 Å². The van der Waals surface area contributed by atoms with Crippen LogP contribution < -0.4 is 4.74 Å². The third-order valence-electron chi connectivity index (χ3n) is 6.20. The smallest absolute Gasteiger partial charge is 0.134 e. The number of benzene rings is 4. The van der Waals surface area contributed by atoms with Gasteiger partial charge in [-0.25, -0.2) is 0 Å². The van der Waals surface area contributed by atoms with Crippen LogP contribution in [0.2, 0.25) is 0 Å². The molecule has 1 nitrogen and oxygen atoms in total. The summed E-state index contributed by atoms with van der Waals surface area (Å²) < 4.78 is 6.59. The van der Waals surface area contributed by atoms with Gasteiger partial charge in [0, 0.05) is 11.1 Å². The molecule has 0 aliphatic carbocycles. The fourth-order valence-corrected chi connectivity index (χ4v) is 3.82. The molecule has 4 aromatic rings. The monoisotopic (exact) mass is 430 g/mol. The zero-order valence-electron chi connectivity index (χ0n) is 19.8. The lowest BCUT2D eigenvalue weighted by atomic mass is 9.99. The van der Waals surface area contributed by atoms with Crippen molar-refractivity contribution in [2.45, 2.75) is 27.7 Å². The Morgan fingerprint density at radius 2 is 0.848 bits per heavy atom. The van der Waals surface area contributed by atoms with Crippen molar-refractivity contribution in [3.8, 4) is 11.5 Å². The molecule has 1 heteroatoms. The van der Waals surface area contributed by atoms with Gasteiger partial charge < -0.3 is 4.74 Å². The highest BCUT2D eigenvalue weighted by molar-refractivity contribution is 5.77. The molecule has 0 radical (unpaired) electrons. The summed E-state index contributed by atoms with van der Waals surface area (Å²) in [6.45, 7) is 8.60. The lowest BCUT2D eigenvalue weighted by Gasteiger charge is -2.17. The van der Waals surface area contributed by atoms with Crippen LogP contribution in [0.4, 0.5) is 0 Å². The van der Waals surface area contributed by atoms with Crippen molar-refractivity contribution < 1.29 is 4.74 Å². The first-order chi connectivity index (χ1) is 16.0. The van der Waals surface area contributed by atoms with Crippen LogP contribution in [0.1, 0.15) is 44.5 Å². The molecular formula is C32H30O. The fraction of sp³-hybridized carbons (Fsp3) is 0.125. The molecule has 0 aromatic heterocycles. The highest BCUT2D eigenvalue weighted by atomic mass is 16.5. The Balaban J connectivity index is 1.74. The van der Waals surface area contributed by atoms with Gasteiger partial charge in [0.2, 0.25) is 0 Å². The van der Waals surface area contributed by atoms with E-state index >= 15 is 0 Å². The lowest BCUT2D eigenvalue weighted by molar-refractivity contribution is 0.479. The standard InChI is InChI=1S/C32H30O/c1-23-15-21-31(29(25(23)3)19-17-27-11-7-5-8-12-27)33-32-22-16-24(2)26(4)30(32)20-18-28-13-9-6-10-14-28/h5-22H,1-4H3. The molecule has 0 aliphatic heterocycles. The maximum absolute atomic E-state index is 6.59. The van der Waals surface area contributed by atoms with Gasteiger partial charge in [-0.05, 0) is 73.2 Å². The van der Waals surface area contributed by atoms with Crippen molar-refractivity contribution in [1.82, 2.24) is 0 Å². The Hall–Kier alpha value is -3.84. The first kappa shape index (κ1) is 22.4. The Morgan fingerprint density at radius 3 is 1.24 bits per heavy atom. The largest absolute Gasteiger partial charge is 0.456 e. The van der Waals surface area contributed by atoms with E-state index in [9.17, 15) is 0 Å². The molecule has 0 saturated carbocycles. The van der Waals surface area contributed by atoms with Gasteiger partial charge in [0.1, 0.15) is 11.5 Å². The summed E-state index contributed by atoms with van der Waals surface area (Å²) in [4.78, 5) is 0. The second-order valence-corrected chi connectivity index (χ2v) is 8.43. The highest BCUT2D eigenvalue weighted by Gasteiger charge is 2.12. The second-order valence-electron chi connectivity index (χ2n) is 8.43. The zero-order chi connectivity index (χ0) is 23.2. The highest BCUT2D eigenvalue weighted by Crippen LogP contribution is 2.35. The summed E-state index contributed by atoms with van der Waals surface area (Å²) in [5.74, 6) is 1.73. The number of aryl methyl sites for hydroxylation is 2. The number of hydrogen-bond acceptors (Lipinski definition) is 1. The average molecular weight is 431 g/mol. The van der Waals surface area contributed by atoms with Crippen LogP contribution >= 0.6 is 0 Å². The Kier molecular flexibility index (Phi) is 6.90. The molecular weight excluding hydrogens is 400 g/mol. The summed E-state index contributed by atoms with van der Waals surface area (Å²) in [6.07, 6.45) is 8.61. The summed E-state index contributed by atoms with van der Waals surface area (Å²) >= 11 is 0. The van der Waals surface area contributed by atoms with Gasteiger partial charge in [-0.15, -0.1) is 0 Å². The van der Waals surface area contributed by atoms with E-state index in [-0.39, 0.29) is 0 Å². The second kappa shape index (κ2) is 10.2. The van der Waals surface area contributed by atoms with Crippen molar-refractivity contribution in [2.75, 3.05) is 0 Å². The van der Waals surface area contributed by atoms with Gasteiger partial charge in [0.05, 0.1) is 0 Å². The molecule has 0 fully saturated rings. The minimum atomic E-state index is 0.864. The summed E-state index contributed by atoms with van der Waals surface area (Å²) in [6, 6.07) is 29.1. The van der Waals surface area contributed by atoms with E-state index in [1.165, 1.54) is 33.4 Å². The minimum Gasteiger partial charge on any atom is -0.456 e. The first-order valence-electron chi connectivity index (χ1n) is 11.4. The Morgan fingerprint density at radius 1 is 0.455 bits per heavy atom. The van der Waals surface area contributed by atoms with Crippen LogP contribution in [0.3, 0.4) is 0 Å². The molecule has 0 aliphatic rings. The van der Waals surface area contributed by atoms with Crippen LogP contribution in [-0.4, -0.2) is 0 Å². The van der Waals surface area contributed by atoms with E-state index in [0.29, 0.717) is 0 Å². The van der Waals surface area contributed by atoms with E-state index in [4.69, 9.17) is 4.74 Å². The molecule has 164 valence electrons. The van der Waals surface area contributed by atoms with Crippen molar-refractivity contribution in [3.05, 3.63) is 129 Å². The lowest BCUT2D eigenvalue weighted by Crippen LogP contribution is -1.96. The maximum atomic E-state index is 6.59. The quantitative estimate of drug-likeness (QED) is 0.277. The number of hydrogen-bond donors (Lipinski definition) is 0. The maximum Gasteiger partial charge on any atom is 0.134 e. The molecule has 0 saturated heterocycles. The van der Waals surface area contributed by atoms with E-state index in [2.05, 4.69) is 125 Å². The molecule has 0 bridgehead atoms. The van der Waals surface area contributed by atoms with Crippen LogP contribution in [-0.2, 0) is 0 Å². The molecule has 4 aromatic carbocycles.